The minimum absolute atomic E-state index is 0.0692. The molecule has 1 aliphatic rings. The Balaban J connectivity index is 1.74. The van der Waals surface area contributed by atoms with Gasteiger partial charge in [-0.1, -0.05) is 17.2 Å². The molecular weight excluding hydrogens is 334 g/mol. The Morgan fingerprint density at radius 1 is 1.32 bits per heavy atom. The first kappa shape index (κ1) is 17.5. The number of carbonyl (C=O) groups is 1. The number of hydrogen-bond donors (Lipinski definition) is 0. The second-order valence-corrected chi connectivity index (χ2v) is 6.30. The predicted octanol–water partition coefficient (Wildman–Crippen LogP) is 2.78. The molecular formula is C16H20F2N4O3. The zero-order valence-electron chi connectivity index (χ0n) is 14.4. The second kappa shape index (κ2) is 6.53. The zero-order valence-corrected chi connectivity index (χ0v) is 14.4. The third kappa shape index (κ3) is 3.54. The van der Waals surface area contributed by atoms with Crippen molar-refractivity contribution in [3.63, 3.8) is 0 Å². The molecule has 1 amide bonds. The van der Waals surface area contributed by atoms with Crippen LogP contribution in [0.4, 0.5) is 8.78 Å². The molecule has 0 unspecified atom stereocenters. The van der Waals surface area contributed by atoms with Crippen molar-refractivity contribution in [2.45, 2.75) is 58.4 Å². The van der Waals surface area contributed by atoms with Crippen molar-refractivity contribution in [2.75, 3.05) is 6.54 Å². The molecule has 2 aromatic rings. The maximum atomic E-state index is 13.9. The second-order valence-electron chi connectivity index (χ2n) is 6.30. The van der Waals surface area contributed by atoms with Gasteiger partial charge in [-0.15, -0.1) is 0 Å². The van der Waals surface area contributed by atoms with Crippen LogP contribution in [0, 0.1) is 13.8 Å². The van der Waals surface area contributed by atoms with Gasteiger partial charge >= 0.3 is 0 Å². The highest BCUT2D eigenvalue weighted by Crippen LogP contribution is 2.40. The number of nitrogens with zero attached hydrogens (tertiary/aromatic N) is 4. The van der Waals surface area contributed by atoms with Crippen molar-refractivity contribution in [3.8, 4) is 0 Å². The Bertz CT molecular complexity index is 752. The zero-order chi connectivity index (χ0) is 18.2. The first-order valence-electron chi connectivity index (χ1n) is 8.22. The van der Waals surface area contributed by atoms with E-state index in [-0.39, 0.29) is 18.2 Å². The van der Waals surface area contributed by atoms with E-state index in [0.717, 1.165) is 10.5 Å². The molecule has 1 saturated heterocycles. The molecule has 3 heterocycles. The lowest BCUT2D eigenvalue weighted by atomic mass is 10.1. The molecule has 136 valence electrons. The summed E-state index contributed by atoms with van der Waals surface area (Å²) in [5.74, 6) is -2.20. The van der Waals surface area contributed by atoms with Gasteiger partial charge in [0.25, 0.3) is 5.92 Å². The summed E-state index contributed by atoms with van der Waals surface area (Å²) in [6.45, 7) is 4.75. The van der Waals surface area contributed by atoms with Gasteiger partial charge in [0, 0.05) is 24.8 Å². The standard InChI is InChI=1S/C16H20F2N4O3/c1-4-13-19-15(25-21-13)12-7-16(17,18)8-22(12)14(23)6-5-11-9(2)20-24-10(11)3/h12H,4-8H2,1-3H3/t12-/m0/s1. The van der Waals surface area contributed by atoms with Crippen LogP contribution < -0.4 is 0 Å². The van der Waals surface area contributed by atoms with Crippen LogP contribution in [0.3, 0.4) is 0 Å². The van der Waals surface area contributed by atoms with Gasteiger partial charge in [0.15, 0.2) is 5.82 Å². The molecule has 0 spiro atoms. The van der Waals surface area contributed by atoms with E-state index in [1.807, 2.05) is 6.92 Å². The molecule has 1 aliphatic heterocycles. The van der Waals surface area contributed by atoms with E-state index in [1.165, 1.54) is 0 Å². The molecule has 0 radical (unpaired) electrons. The van der Waals surface area contributed by atoms with Gasteiger partial charge in [-0.05, 0) is 20.3 Å². The lowest BCUT2D eigenvalue weighted by Crippen LogP contribution is -2.33. The van der Waals surface area contributed by atoms with Gasteiger partial charge in [0.1, 0.15) is 11.8 Å². The summed E-state index contributed by atoms with van der Waals surface area (Å²) < 4.78 is 38.0. The van der Waals surface area contributed by atoms with Crippen LogP contribution in [0.25, 0.3) is 0 Å². The molecule has 7 nitrogen and oxygen atoms in total. The smallest absolute Gasteiger partial charge is 0.267 e. The van der Waals surface area contributed by atoms with Crippen molar-refractivity contribution < 1.29 is 22.6 Å². The summed E-state index contributed by atoms with van der Waals surface area (Å²) in [4.78, 5) is 17.8. The SMILES string of the molecule is CCc1noc([C@@H]2CC(F)(F)CN2C(=O)CCc2c(C)noc2C)n1. The van der Waals surface area contributed by atoms with Crippen LogP contribution in [0.1, 0.15) is 54.5 Å². The fraction of sp³-hybridized carbons (Fsp3) is 0.625. The number of amides is 1. The number of hydrogen-bond acceptors (Lipinski definition) is 6. The maximum absolute atomic E-state index is 13.9. The molecule has 25 heavy (non-hydrogen) atoms. The van der Waals surface area contributed by atoms with Crippen LogP contribution >= 0.6 is 0 Å². The Hall–Kier alpha value is -2.32. The minimum Gasteiger partial charge on any atom is -0.361 e. The number of likely N-dealkylation sites (tertiary alicyclic amines) is 1. The molecule has 0 aromatic carbocycles. The molecule has 1 fully saturated rings. The molecule has 1 atom stereocenters. The van der Waals surface area contributed by atoms with Gasteiger partial charge in [0.2, 0.25) is 11.8 Å². The largest absolute Gasteiger partial charge is 0.361 e. The number of rotatable bonds is 5. The Morgan fingerprint density at radius 3 is 2.68 bits per heavy atom. The van der Waals surface area contributed by atoms with Crippen LogP contribution in [-0.2, 0) is 17.6 Å². The van der Waals surface area contributed by atoms with Gasteiger partial charge in [-0.2, -0.15) is 4.98 Å². The third-order valence-corrected chi connectivity index (χ3v) is 4.45. The molecule has 0 aliphatic carbocycles. The number of halogens is 2. The summed E-state index contributed by atoms with van der Waals surface area (Å²) in [7, 11) is 0. The van der Waals surface area contributed by atoms with Crippen LogP contribution in [0.2, 0.25) is 0 Å². The van der Waals surface area contributed by atoms with Gasteiger partial charge in [-0.25, -0.2) is 8.78 Å². The monoisotopic (exact) mass is 354 g/mol. The van der Waals surface area contributed by atoms with E-state index in [1.54, 1.807) is 13.8 Å². The molecule has 0 bridgehead atoms. The quantitative estimate of drug-likeness (QED) is 0.821. The maximum Gasteiger partial charge on any atom is 0.267 e. The molecule has 2 aromatic heterocycles. The number of aryl methyl sites for hydroxylation is 3. The van der Waals surface area contributed by atoms with E-state index in [2.05, 4.69) is 15.3 Å². The van der Waals surface area contributed by atoms with Crippen molar-refractivity contribution in [3.05, 3.63) is 28.7 Å². The van der Waals surface area contributed by atoms with Gasteiger partial charge in [0.05, 0.1) is 12.2 Å². The van der Waals surface area contributed by atoms with Crippen LogP contribution in [0.15, 0.2) is 9.05 Å². The predicted molar refractivity (Wildman–Crippen MR) is 82.0 cm³/mol. The van der Waals surface area contributed by atoms with Gasteiger partial charge in [-0.3, -0.25) is 4.79 Å². The first-order chi connectivity index (χ1) is 11.8. The minimum atomic E-state index is -2.97. The van der Waals surface area contributed by atoms with E-state index in [9.17, 15) is 13.6 Å². The highest BCUT2D eigenvalue weighted by atomic mass is 19.3. The van der Waals surface area contributed by atoms with E-state index in [4.69, 9.17) is 9.05 Å². The summed E-state index contributed by atoms with van der Waals surface area (Å²) >= 11 is 0. The Kier molecular flexibility index (Phi) is 4.57. The summed E-state index contributed by atoms with van der Waals surface area (Å²) in [5, 5.41) is 7.58. The van der Waals surface area contributed by atoms with Crippen molar-refractivity contribution in [1.82, 2.24) is 20.2 Å². The fourth-order valence-electron chi connectivity index (χ4n) is 3.08. The van der Waals surface area contributed by atoms with Crippen LogP contribution in [-0.4, -0.2) is 38.6 Å². The third-order valence-electron chi connectivity index (χ3n) is 4.45. The van der Waals surface area contributed by atoms with Crippen molar-refractivity contribution in [1.29, 1.82) is 0 Å². The average molecular weight is 354 g/mol. The molecule has 0 N–H and O–H groups in total. The molecule has 0 saturated carbocycles. The Morgan fingerprint density at radius 2 is 2.08 bits per heavy atom. The average Bonchev–Trinajstić information content (AvgIpc) is 3.23. The molecule has 9 heteroatoms. The lowest BCUT2D eigenvalue weighted by molar-refractivity contribution is -0.133. The number of alkyl halides is 2. The summed E-state index contributed by atoms with van der Waals surface area (Å²) in [5.41, 5.74) is 1.54. The van der Waals surface area contributed by atoms with Crippen LogP contribution in [0.5, 0.6) is 0 Å². The normalized spacial score (nSPS) is 19.6. The lowest BCUT2D eigenvalue weighted by Gasteiger charge is -2.21. The first-order valence-corrected chi connectivity index (χ1v) is 8.22. The van der Waals surface area contributed by atoms with Crippen molar-refractivity contribution >= 4 is 5.91 Å². The summed E-state index contributed by atoms with van der Waals surface area (Å²) in [6, 6.07) is -0.889. The fourth-order valence-corrected chi connectivity index (χ4v) is 3.08. The van der Waals surface area contributed by atoms with E-state index in [0.29, 0.717) is 30.1 Å². The van der Waals surface area contributed by atoms with Gasteiger partial charge < -0.3 is 13.9 Å². The van der Waals surface area contributed by atoms with E-state index < -0.39 is 24.9 Å². The topological polar surface area (TPSA) is 85.3 Å². The van der Waals surface area contributed by atoms with Crippen molar-refractivity contribution in [2.24, 2.45) is 0 Å². The number of carbonyl (C=O) groups excluding carboxylic acids is 1. The Labute approximate surface area is 143 Å². The summed E-state index contributed by atoms with van der Waals surface area (Å²) in [6.07, 6.45) is 0.505. The highest BCUT2D eigenvalue weighted by molar-refractivity contribution is 5.77. The highest BCUT2D eigenvalue weighted by Gasteiger charge is 2.49. The number of aromatic nitrogens is 3. The van der Waals surface area contributed by atoms with E-state index >= 15 is 0 Å². The molecule has 3 rings (SSSR count).